The molecule has 0 saturated carbocycles. The molecule has 0 spiro atoms. The molecular weight excluding hydrogens is 606 g/mol. The minimum absolute atomic E-state index is 0.0460. The molecule has 2 heterocycles. The van der Waals surface area contributed by atoms with Crippen LogP contribution in [0.5, 0.6) is 11.5 Å². The Balaban J connectivity index is 1.53. The van der Waals surface area contributed by atoms with Gasteiger partial charge in [0.25, 0.3) is 5.78 Å². The number of carbonyl (C=O) groups is 2. The number of carbonyl (C=O) groups excluding carboxylic acids is 2. The fourth-order valence-electron chi connectivity index (χ4n) is 4.72. The Morgan fingerprint density at radius 1 is 1.02 bits per heavy atom. The van der Waals surface area contributed by atoms with Crippen molar-refractivity contribution >= 4 is 57.3 Å². The fourth-order valence-corrected chi connectivity index (χ4v) is 6.87. The van der Waals surface area contributed by atoms with E-state index in [2.05, 4.69) is 17.1 Å². The Hall–Kier alpha value is -3.86. The van der Waals surface area contributed by atoms with E-state index in [4.69, 9.17) is 21.1 Å². The van der Waals surface area contributed by atoms with Crippen molar-refractivity contribution in [3.05, 3.63) is 100 Å². The highest BCUT2D eigenvalue weighted by atomic mass is 35.5. The minimum Gasteiger partial charge on any atom is -0.507 e. The number of aliphatic hydroxyl groups is 1. The SMILES string of the molecule is CCCCCOc1ccc(C2/C(=C(/O)c3ccccc3)C(=O)C(=O)N2c2nnc(SCc3ccccc3Cl)s2)cc1OC. The topological polar surface area (TPSA) is 102 Å². The van der Waals surface area contributed by atoms with Crippen LogP contribution in [0.1, 0.15) is 48.9 Å². The first-order valence-corrected chi connectivity index (χ1v) is 16.0. The molecule has 3 aromatic carbocycles. The van der Waals surface area contributed by atoms with Crippen LogP contribution in [0.2, 0.25) is 5.02 Å². The number of halogens is 1. The van der Waals surface area contributed by atoms with Crippen LogP contribution >= 0.6 is 34.7 Å². The number of nitrogens with zero attached hydrogens (tertiary/aromatic N) is 3. The van der Waals surface area contributed by atoms with E-state index >= 15 is 0 Å². The molecule has 1 saturated heterocycles. The largest absolute Gasteiger partial charge is 0.507 e. The van der Waals surface area contributed by atoms with Crippen molar-refractivity contribution in [3.8, 4) is 11.5 Å². The lowest BCUT2D eigenvalue weighted by Gasteiger charge is -2.23. The van der Waals surface area contributed by atoms with Crippen LogP contribution in [0.25, 0.3) is 5.76 Å². The smallest absolute Gasteiger partial charge is 0.301 e. The van der Waals surface area contributed by atoms with Crippen LogP contribution in [0, 0.1) is 0 Å². The Bertz CT molecular complexity index is 1640. The van der Waals surface area contributed by atoms with Gasteiger partial charge in [-0.3, -0.25) is 14.5 Å². The molecular formula is C32H30ClN3O5S2. The molecule has 8 nitrogen and oxygen atoms in total. The number of Topliss-reactive ketones (excluding diaryl/α,β-unsaturated/α-hetero) is 1. The number of hydrogen-bond acceptors (Lipinski definition) is 9. The number of ketones is 1. The molecule has 1 unspecified atom stereocenters. The maximum Gasteiger partial charge on any atom is 0.301 e. The van der Waals surface area contributed by atoms with Gasteiger partial charge >= 0.3 is 5.91 Å². The second kappa shape index (κ2) is 14.1. The summed E-state index contributed by atoms with van der Waals surface area (Å²) in [6.07, 6.45) is 3.03. The van der Waals surface area contributed by atoms with Crippen molar-refractivity contribution in [1.29, 1.82) is 0 Å². The minimum atomic E-state index is -0.974. The summed E-state index contributed by atoms with van der Waals surface area (Å²) in [6.45, 7) is 2.66. The van der Waals surface area contributed by atoms with Gasteiger partial charge in [0.05, 0.1) is 25.3 Å². The predicted octanol–water partition coefficient (Wildman–Crippen LogP) is 7.69. The number of rotatable bonds is 12. The van der Waals surface area contributed by atoms with Crippen molar-refractivity contribution < 1.29 is 24.2 Å². The van der Waals surface area contributed by atoms with Crippen LogP contribution in [0.3, 0.4) is 0 Å². The van der Waals surface area contributed by atoms with Crippen molar-refractivity contribution in [3.63, 3.8) is 0 Å². The molecule has 43 heavy (non-hydrogen) atoms. The number of hydrogen-bond donors (Lipinski definition) is 1. The lowest BCUT2D eigenvalue weighted by molar-refractivity contribution is -0.132. The lowest BCUT2D eigenvalue weighted by atomic mass is 9.95. The molecule has 1 amide bonds. The summed E-state index contributed by atoms with van der Waals surface area (Å²) in [5, 5.41) is 20.8. The maximum absolute atomic E-state index is 13.6. The lowest BCUT2D eigenvalue weighted by Crippen LogP contribution is -2.29. The van der Waals surface area contributed by atoms with E-state index in [1.165, 1.54) is 35.1 Å². The normalized spacial score (nSPS) is 16.1. The average molecular weight is 636 g/mol. The number of ether oxygens (including phenoxy) is 2. The third-order valence-corrected chi connectivity index (χ3v) is 9.38. The van der Waals surface area contributed by atoms with Gasteiger partial charge in [0.15, 0.2) is 15.8 Å². The van der Waals surface area contributed by atoms with Crippen LogP contribution < -0.4 is 14.4 Å². The van der Waals surface area contributed by atoms with Crippen LogP contribution in [0.15, 0.2) is 82.7 Å². The summed E-state index contributed by atoms with van der Waals surface area (Å²) in [4.78, 5) is 28.4. The summed E-state index contributed by atoms with van der Waals surface area (Å²) in [7, 11) is 1.53. The Labute approximate surface area is 263 Å². The van der Waals surface area contributed by atoms with E-state index in [0.717, 1.165) is 24.8 Å². The van der Waals surface area contributed by atoms with Crippen LogP contribution in [-0.2, 0) is 15.3 Å². The Kier molecular flexibility index (Phi) is 10.0. The number of unbranched alkanes of at least 4 members (excludes halogenated alkanes) is 2. The zero-order valence-corrected chi connectivity index (χ0v) is 26.0. The summed E-state index contributed by atoms with van der Waals surface area (Å²) in [6, 6.07) is 20.5. The summed E-state index contributed by atoms with van der Waals surface area (Å²) in [5.74, 6) is -0.334. The summed E-state index contributed by atoms with van der Waals surface area (Å²) >= 11 is 8.93. The molecule has 1 N–H and O–H groups in total. The fraction of sp³-hybridized carbons (Fsp3) is 0.250. The standard InChI is InChI=1S/C32H30ClN3O5S2/c1-3-4-10-17-41-24-16-15-21(18-25(24)40-2)27-26(28(37)20-11-6-5-7-12-20)29(38)30(39)36(27)31-34-35-32(43-31)42-19-22-13-8-9-14-23(22)33/h5-9,11-16,18,27,37H,3-4,10,17,19H2,1-2H3/b28-26-. The molecule has 0 bridgehead atoms. The molecule has 4 aromatic rings. The van der Waals surface area contributed by atoms with Gasteiger partial charge in [0, 0.05) is 16.3 Å². The molecule has 0 aliphatic carbocycles. The highest BCUT2D eigenvalue weighted by Gasteiger charge is 2.48. The monoisotopic (exact) mass is 635 g/mol. The van der Waals surface area contributed by atoms with Crippen LogP contribution in [-0.4, -0.2) is 40.7 Å². The highest BCUT2D eigenvalue weighted by molar-refractivity contribution is 8.00. The second-order valence-electron chi connectivity index (χ2n) is 9.73. The van der Waals surface area contributed by atoms with E-state index in [1.54, 1.807) is 48.5 Å². The molecule has 222 valence electrons. The zero-order chi connectivity index (χ0) is 30.3. The quantitative estimate of drug-likeness (QED) is 0.0422. The number of methoxy groups -OCH3 is 1. The van der Waals surface area contributed by atoms with Crippen molar-refractivity contribution in [2.75, 3.05) is 18.6 Å². The van der Waals surface area contributed by atoms with Gasteiger partial charge in [0.1, 0.15) is 5.76 Å². The number of thioether (sulfide) groups is 1. The van der Waals surface area contributed by atoms with E-state index in [-0.39, 0.29) is 16.5 Å². The summed E-state index contributed by atoms with van der Waals surface area (Å²) in [5.41, 5.74) is 1.87. The van der Waals surface area contributed by atoms with Crippen molar-refractivity contribution in [2.24, 2.45) is 0 Å². The second-order valence-corrected chi connectivity index (χ2v) is 12.3. The van der Waals surface area contributed by atoms with Gasteiger partial charge in [0.2, 0.25) is 5.13 Å². The first-order chi connectivity index (χ1) is 20.9. The number of aromatic nitrogens is 2. The molecule has 1 atom stereocenters. The Morgan fingerprint density at radius 2 is 1.79 bits per heavy atom. The van der Waals surface area contributed by atoms with Gasteiger partial charge in [-0.05, 0) is 35.7 Å². The van der Waals surface area contributed by atoms with Crippen molar-refractivity contribution in [2.45, 2.75) is 42.3 Å². The van der Waals surface area contributed by atoms with E-state index in [9.17, 15) is 14.7 Å². The van der Waals surface area contributed by atoms with Gasteiger partial charge in [-0.25, -0.2) is 0 Å². The number of amides is 1. The molecule has 5 rings (SSSR count). The Morgan fingerprint density at radius 3 is 2.53 bits per heavy atom. The zero-order valence-electron chi connectivity index (χ0n) is 23.7. The molecule has 0 radical (unpaired) electrons. The molecule has 1 aliphatic heterocycles. The first kappa shape index (κ1) is 30.6. The van der Waals surface area contributed by atoms with Gasteiger partial charge in [-0.15, -0.1) is 10.2 Å². The van der Waals surface area contributed by atoms with Gasteiger partial charge < -0.3 is 14.6 Å². The highest BCUT2D eigenvalue weighted by Crippen LogP contribution is 2.45. The molecule has 1 fully saturated rings. The van der Waals surface area contributed by atoms with Crippen LogP contribution in [0.4, 0.5) is 5.13 Å². The molecule has 1 aromatic heterocycles. The first-order valence-electron chi connectivity index (χ1n) is 13.8. The third kappa shape index (κ3) is 6.71. The molecule has 1 aliphatic rings. The third-order valence-electron chi connectivity index (χ3n) is 6.91. The van der Waals surface area contributed by atoms with Gasteiger partial charge in [-0.1, -0.05) is 109 Å². The van der Waals surface area contributed by atoms with Crippen molar-refractivity contribution in [1.82, 2.24) is 10.2 Å². The predicted molar refractivity (Wildman–Crippen MR) is 170 cm³/mol. The van der Waals surface area contributed by atoms with E-state index in [1.807, 2.05) is 24.3 Å². The number of benzene rings is 3. The van der Waals surface area contributed by atoms with E-state index in [0.29, 0.717) is 44.3 Å². The molecule has 11 heteroatoms. The summed E-state index contributed by atoms with van der Waals surface area (Å²) < 4.78 is 12.2. The average Bonchev–Trinajstić information content (AvgIpc) is 3.60. The number of anilines is 1. The maximum atomic E-state index is 13.6. The van der Waals surface area contributed by atoms with Gasteiger partial charge in [-0.2, -0.15) is 0 Å². The van der Waals surface area contributed by atoms with E-state index < -0.39 is 17.7 Å². The number of aliphatic hydroxyl groups excluding tert-OH is 1.